The SMILES string of the molecule is C=C(C=O)/C(C=N)=C\C.CNC. The number of rotatable bonds is 3. The maximum Gasteiger partial charge on any atom is 0.150 e. The van der Waals surface area contributed by atoms with Crippen LogP contribution in [0.4, 0.5) is 0 Å². The van der Waals surface area contributed by atoms with Gasteiger partial charge in [0, 0.05) is 11.8 Å². The van der Waals surface area contributed by atoms with Crippen LogP contribution in [0.2, 0.25) is 0 Å². The Hall–Kier alpha value is -1.22. The van der Waals surface area contributed by atoms with E-state index in [1.807, 2.05) is 14.1 Å². The number of aldehydes is 1. The van der Waals surface area contributed by atoms with Crippen LogP contribution in [-0.4, -0.2) is 26.6 Å². The molecular weight excluding hydrogens is 152 g/mol. The standard InChI is InChI=1S/C7H9NO.C2H7N/c1-3-7(4-8)6(2)5-9;1-3-2/h3-5,8H,2H2,1H3;3H,1-2H3/b7-3-,8-4?;. The van der Waals surface area contributed by atoms with Gasteiger partial charge in [-0.1, -0.05) is 12.7 Å². The predicted octanol–water partition coefficient (Wildman–Crippen LogP) is 1.17. The summed E-state index contributed by atoms with van der Waals surface area (Å²) in [6.07, 6.45) is 3.42. The van der Waals surface area contributed by atoms with Crippen LogP contribution >= 0.6 is 0 Å². The summed E-state index contributed by atoms with van der Waals surface area (Å²) >= 11 is 0. The second-order valence-corrected chi connectivity index (χ2v) is 2.03. The van der Waals surface area contributed by atoms with E-state index in [9.17, 15) is 4.79 Å². The summed E-state index contributed by atoms with van der Waals surface area (Å²) < 4.78 is 0. The Morgan fingerprint density at radius 2 is 1.92 bits per heavy atom. The summed E-state index contributed by atoms with van der Waals surface area (Å²) in [5.74, 6) is 0. The summed E-state index contributed by atoms with van der Waals surface area (Å²) in [6.45, 7) is 5.19. The lowest BCUT2D eigenvalue weighted by molar-refractivity contribution is -0.104. The van der Waals surface area contributed by atoms with Gasteiger partial charge in [-0.2, -0.15) is 0 Å². The van der Waals surface area contributed by atoms with Gasteiger partial charge in [0.05, 0.1) is 0 Å². The summed E-state index contributed by atoms with van der Waals surface area (Å²) in [7, 11) is 3.75. The lowest BCUT2D eigenvalue weighted by atomic mass is 10.1. The third kappa shape index (κ3) is 6.89. The Kier molecular flexibility index (Phi) is 10.9. The molecule has 0 bridgehead atoms. The minimum Gasteiger partial charge on any atom is -0.323 e. The van der Waals surface area contributed by atoms with E-state index >= 15 is 0 Å². The Balaban J connectivity index is 0. The molecule has 0 unspecified atom stereocenters. The zero-order chi connectivity index (χ0) is 9.98. The van der Waals surface area contributed by atoms with Gasteiger partial charge in [-0.25, -0.2) is 0 Å². The van der Waals surface area contributed by atoms with Crippen LogP contribution in [0.3, 0.4) is 0 Å². The molecule has 0 aromatic heterocycles. The molecule has 2 N–H and O–H groups in total. The smallest absolute Gasteiger partial charge is 0.150 e. The van der Waals surface area contributed by atoms with E-state index in [4.69, 9.17) is 5.41 Å². The van der Waals surface area contributed by atoms with Crippen molar-refractivity contribution < 1.29 is 4.79 Å². The van der Waals surface area contributed by atoms with Gasteiger partial charge >= 0.3 is 0 Å². The van der Waals surface area contributed by atoms with Crippen LogP contribution in [0.15, 0.2) is 23.8 Å². The molecule has 0 aliphatic carbocycles. The Labute approximate surface area is 73.7 Å². The summed E-state index contributed by atoms with van der Waals surface area (Å²) in [6, 6.07) is 0. The average molecular weight is 168 g/mol. The van der Waals surface area contributed by atoms with Crippen LogP contribution in [0.5, 0.6) is 0 Å². The number of carbonyl (C=O) groups excluding carboxylic acids is 1. The molecule has 0 aliphatic heterocycles. The zero-order valence-corrected chi connectivity index (χ0v) is 7.85. The maximum atomic E-state index is 10.0. The fourth-order valence-electron chi connectivity index (χ4n) is 0.429. The fourth-order valence-corrected chi connectivity index (χ4v) is 0.429. The lowest BCUT2D eigenvalue weighted by Crippen LogP contribution is -1.89. The van der Waals surface area contributed by atoms with Gasteiger partial charge in [-0.15, -0.1) is 0 Å². The number of hydrogen-bond donors (Lipinski definition) is 2. The highest BCUT2D eigenvalue weighted by atomic mass is 16.1. The lowest BCUT2D eigenvalue weighted by Gasteiger charge is -1.92. The number of carbonyl (C=O) groups is 1. The van der Waals surface area contributed by atoms with Crippen molar-refractivity contribution in [2.24, 2.45) is 0 Å². The van der Waals surface area contributed by atoms with E-state index < -0.39 is 0 Å². The third-order valence-electron chi connectivity index (χ3n) is 0.980. The molecule has 3 heteroatoms. The van der Waals surface area contributed by atoms with Gasteiger partial charge in [0.25, 0.3) is 0 Å². The minimum absolute atomic E-state index is 0.354. The van der Waals surface area contributed by atoms with Crippen molar-refractivity contribution in [3.05, 3.63) is 23.8 Å². The Morgan fingerprint density at radius 1 is 1.50 bits per heavy atom. The first-order chi connectivity index (χ1) is 5.67. The molecule has 0 aliphatic rings. The molecule has 0 saturated heterocycles. The van der Waals surface area contributed by atoms with E-state index in [0.29, 0.717) is 17.4 Å². The molecule has 0 fully saturated rings. The molecule has 0 amide bonds. The summed E-state index contributed by atoms with van der Waals surface area (Å²) in [5, 5.41) is 9.53. The largest absolute Gasteiger partial charge is 0.323 e. The quantitative estimate of drug-likeness (QED) is 0.288. The second kappa shape index (κ2) is 9.78. The van der Waals surface area contributed by atoms with Crippen molar-refractivity contribution in [2.45, 2.75) is 6.92 Å². The molecular formula is C9H16N2O. The van der Waals surface area contributed by atoms with E-state index in [1.165, 1.54) is 0 Å². The Morgan fingerprint density at radius 3 is 2.00 bits per heavy atom. The number of allylic oxidation sites excluding steroid dienone is 3. The van der Waals surface area contributed by atoms with Gasteiger partial charge in [0.2, 0.25) is 0 Å². The third-order valence-corrected chi connectivity index (χ3v) is 0.980. The van der Waals surface area contributed by atoms with E-state index in [0.717, 1.165) is 6.21 Å². The van der Waals surface area contributed by atoms with Gasteiger partial charge < -0.3 is 10.7 Å². The molecule has 0 saturated carbocycles. The van der Waals surface area contributed by atoms with E-state index in [2.05, 4.69) is 11.9 Å². The van der Waals surface area contributed by atoms with Crippen LogP contribution < -0.4 is 5.32 Å². The second-order valence-electron chi connectivity index (χ2n) is 2.03. The zero-order valence-electron chi connectivity index (χ0n) is 7.85. The molecule has 0 atom stereocenters. The van der Waals surface area contributed by atoms with Crippen molar-refractivity contribution in [1.29, 1.82) is 5.41 Å². The number of hydrogen-bond acceptors (Lipinski definition) is 3. The fraction of sp³-hybridized carbons (Fsp3) is 0.333. The van der Waals surface area contributed by atoms with Crippen molar-refractivity contribution in [1.82, 2.24) is 5.32 Å². The maximum absolute atomic E-state index is 10.0. The van der Waals surface area contributed by atoms with Gasteiger partial charge in [-0.3, -0.25) is 4.79 Å². The molecule has 0 rings (SSSR count). The first-order valence-corrected chi connectivity index (χ1v) is 3.57. The molecule has 3 nitrogen and oxygen atoms in total. The minimum atomic E-state index is 0.354. The number of nitrogens with one attached hydrogen (secondary N) is 2. The van der Waals surface area contributed by atoms with Crippen LogP contribution in [0, 0.1) is 5.41 Å². The molecule has 0 radical (unpaired) electrons. The van der Waals surface area contributed by atoms with Gasteiger partial charge in [0.1, 0.15) is 6.29 Å². The van der Waals surface area contributed by atoms with Crippen LogP contribution in [0.1, 0.15) is 6.92 Å². The monoisotopic (exact) mass is 168 g/mol. The summed E-state index contributed by atoms with van der Waals surface area (Å²) in [5.41, 5.74) is 0.928. The molecule has 0 heterocycles. The van der Waals surface area contributed by atoms with Crippen LogP contribution in [0.25, 0.3) is 0 Å². The highest BCUT2D eigenvalue weighted by Gasteiger charge is 1.92. The average Bonchev–Trinajstić information content (AvgIpc) is 2.08. The molecule has 0 aromatic carbocycles. The first kappa shape index (κ1) is 13.4. The van der Waals surface area contributed by atoms with Gasteiger partial charge in [-0.05, 0) is 26.6 Å². The van der Waals surface area contributed by atoms with Crippen LogP contribution in [-0.2, 0) is 4.79 Å². The predicted molar refractivity (Wildman–Crippen MR) is 52.7 cm³/mol. The van der Waals surface area contributed by atoms with Gasteiger partial charge in [0.15, 0.2) is 0 Å². The summed E-state index contributed by atoms with van der Waals surface area (Å²) in [4.78, 5) is 10.0. The first-order valence-electron chi connectivity index (χ1n) is 3.57. The van der Waals surface area contributed by atoms with Crippen molar-refractivity contribution in [3.63, 3.8) is 0 Å². The normalized spacial score (nSPS) is 9.42. The molecule has 0 aromatic rings. The van der Waals surface area contributed by atoms with E-state index in [1.54, 1.807) is 13.0 Å². The van der Waals surface area contributed by atoms with Crippen molar-refractivity contribution in [3.8, 4) is 0 Å². The highest BCUT2D eigenvalue weighted by molar-refractivity contribution is 5.94. The highest BCUT2D eigenvalue weighted by Crippen LogP contribution is 1.99. The molecule has 0 spiro atoms. The topological polar surface area (TPSA) is 53.0 Å². The molecule has 12 heavy (non-hydrogen) atoms. The van der Waals surface area contributed by atoms with E-state index in [-0.39, 0.29) is 0 Å². The van der Waals surface area contributed by atoms with Crippen molar-refractivity contribution >= 4 is 12.5 Å². The Bertz CT molecular complexity index is 183. The van der Waals surface area contributed by atoms with Crippen molar-refractivity contribution in [2.75, 3.05) is 14.1 Å². The molecule has 68 valence electrons.